The first kappa shape index (κ1) is 46.0. The summed E-state index contributed by atoms with van der Waals surface area (Å²) in [6.45, 7) is 8.74. The topological polar surface area (TPSA) is 126 Å². The molecule has 3 saturated heterocycles. The average Bonchev–Trinajstić information content (AvgIpc) is 3.87. The van der Waals surface area contributed by atoms with Crippen molar-refractivity contribution in [1.82, 2.24) is 19.9 Å². The smallest absolute Gasteiger partial charge is 0.417 e. The van der Waals surface area contributed by atoms with E-state index < -0.39 is 76.1 Å². The zero-order chi connectivity index (χ0) is 47.7. The van der Waals surface area contributed by atoms with Gasteiger partial charge in [-0.3, -0.25) is 4.90 Å². The van der Waals surface area contributed by atoms with E-state index in [1.807, 2.05) is 4.90 Å². The molecule has 1 amide bonds. The summed E-state index contributed by atoms with van der Waals surface area (Å²) in [6.07, 6.45) is -3.87. The lowest BCUT2D eigenvalue weighted by atomic mass is 9.95. The number of rotatable bonds is 10. The summed E-state index contributed by atoms with van der Waals surface area (Å²) in [5.41, 5.74) is -3.56. The Kier molecular flexibility index (Phi) is 12.0. The van der Waals surface area contributed by atoms with Crippen LogP contribution in [0.2, 0.25) is 0 Å². The maximum atomic E-state index is 18.0. The quantitative estimate of drug-likeness (QED) is 0.134. The summed E-state index contributed by atoms with van der Waals surface area (Å²) in [5, 5.41) is 10.4. The van der Waals surface area contributed by atoms with Crippen molar-refractivity contribution in [2.45, 2.75) is 115 Å². The van der Waals surface area contributed by atoms with E-state index in [9.17, 15) is 9.90 Å². The zero-order valence-electron chi connectivity index (χ0n) is 38.5. The Balaban J connectivity index is 1.25. The second kappa shape index (κ2) is 17.5. The van der Waals surface area contributed by atoms with Crippen LogP contribution >= 0.6 is 0 Å². The van der Waals surface area contributed by atoms with Crippen molar-refractivity contribution in [1.29, 1.82) is 0 Å². The Morgan fingerprint density at radius 3 is 2.12 bits per heavy atom. The molecule has 18 heteroatoms. The molecule has 4 aliphatic heterocycles. The number of piperazine rings is 1. The number of fused-ring (bicyclic) bond motifs is 5. The van der Waals surface area contributed by atoms with E-state index in [0.717, 1.165) is 13.0 Å². The summed E-state index contributed by atoms with van der Waals surface area (Å²) >= 11 is 0. The Hall–Kier alpha value is -6.17. The highest BCUT2D eigenvalue weighted by Gasteiger charge is 2.54. The molecule has 0 aliphatic carbocycles. The molecule has 5 aromatic rings. The van der Waals surface area contributed by atoms with Crippen molar-refractivity contribution in [2.75, 3.05) is 48.6 Å². The fraction of sp³-hybridized carbons (Fsp3) is 0.469. The van der Waals surface area contributed by atoms with Gasteiger partial charge in [0.05, 0.1) is 56.2 Å². The van der Waals surface area contributed by atoms with Crippen LogP contribution in [-0.4, -0.2) is 101 Å². The van der Waals surface area contributed by atoms with Crippen LogP contribution in [0.5, 0.6) is 17.4 Å². The molecule has 4 aliphatic rings. The SMILES string of the molecule is COc1ccc(CN(Cc2ccc(OC)cc2)c2cc(-c3nc4c5c(nc(N6CCC[C@H]6CO)nc5c3F)N3C[C@H]5CC[C@@H]([C@H]3[C@H](C)O4)N5C(=O)OC(C)(C)C)c(C(F)(F)F)c(C)c2F)cc1. The molecule has 0 spiro atoms. The lowest BCUT2D eigenvalue weighted by Crippen LogP contribution is -2.65. The van der Waals surface area contributed by atoms with Crippen LogP contribution in [0.4, 0.5) is 44.2 Å². The number of aliphatic hydroxyl groups is 1. The number of pyridine rings is 1. The molecule has 1 N–H and O–H groups in total. The standard InChI is InChI=1S/C49H54F5N7O6/c1-26-38(49(52,53)54)34(21-36(39(26)50)58(22-28-10-15-32(64-6)16-11-28)23-29-12-17-33(65-7)18-13-29)41-40(51)42-37-44(57-46(56-42)59-20-8-9-31(59)25-62)60-24-30-14-19-35(43(60)27(2)66-45(37)55-41)61(30)47(63)67-48(3,4)5/h10-13,15-18,21,27,30-31,35,43,62H,8-9,14,19-20,22-25H2,1-7H3/t27-,30+,31-,35-,43+/m0/s1. The van der Waals surface area contributed by atoms with Gasteiger partial charge in [0.25, 0.3) is 0 Å². The number of amides is 1. The molecular weight excluding hydrogens is 878 g/mol. The molecule has 0 unspecified atom stereocenters. The summed E-state index contributed by atoms with van der Waals surface area (Å²) in [5.74, 6) is -1.05. The highest BCUT2D eigenvalue weighted by molar-refractivity contribution is 5.98. The van der Waals surface area contributed by atoms with Crippen molar-refractivity contribution in [3.05, 3.63) is 88.5 Å². The first-order valence-electron chi connectivity index (χ1n) is 22.5. The Labute approximate surface area is 385 Å². The van der Waals surface area contributed by atoms with Crippen LogP contribution in [0.15, 0.2) is 54.6 Å². The third kappa shape index (κ3) is 8.46. The van der Waals surface area contributed by atoms with Crippen LogP contribution in [0.3, 0.4) is 0 Å². The molecule has 3 aromatic carbocycles. The van der Waals surface area contributed by atoms with Gasteiger partial charge in [-0.25, -0.2) is 23.5 Å². The molecular formula is C49H54F5N7O6. The van der Waals surface area contributed by atoms with E-state index in [1.165, 1.54) is 14.2 Å². The van der Waals surface area contributed by atoms with Gasteiger partial charge in [-0.05, 0) is 107 Å². The zero-order valence-corrected chi connectivity index (χ0v) is 38.5. The molecule has 5 atom stereocenters. The third-order valence-corrected chi connectivity index (χ3v) is 13.4. The van der Waals surface area contributed by atoms with Gasteiger partial charge in [-0.2, -0.15) is 18.2 Å². The molecule has 13 nitrogen and oxygen atoms in total. The number of nitrogens with zero attached hydrogens (tertiary/aromatic N) is 7. The fourth-order valence-corrected chi connectivity index (χ4v) is 10.3. The summed E-state index contributed by atoms with van der Waals surface area (Å²) in [4.78, 5) is 35.3. The fourth-order valence-electron chi connectivity index (χ4n) is 10.3. The van der Waals surface area contributed by atoms with E-state index in [0.29, 0.717) is 54.9 Å². The van der Waals surface area contributed by atoms with Gasteiger partial charge in [0.2, 0.25) is 11.8 Å². The minimum absolute atomic E-state index is 0.0399. The molecule has 67 heavy (non-hydrogen) atoms. The van der Waals surface area contributed by atoms with Gasteiger partial charge in [0.1, 0.15) is 51.4 Å². The lowest BCUT2D eigenvalue weighted by molar-refractivity contribution is -0.137. The van der Waals surface area contributed by atoms with E-state index in [4.69, 9.17) is 28.9 Å². The first-order valence-corrected chi connectivity index (χ1v) is 22.5. The number of methoxy groups -OCH3 is 2. The minimum atomic E-state index is -5.17. The number of alkyl halides is 3. The number of hydrogen-bond acceptors (Lipinski definition) is 12. The number of carbonyl (C=O) groups excluding carboxylic acids is 1. The number of benzene rings is 3. The van der Waals surface area contributed by atoms with Crippen molar-refractivity contribution in [3.8, 4) is 28.6 Å². The summed E-state index contributed by atoms with van der Waals surface area (Å²) in [6, 6.07) is 13.3. The van der Waals surface area contributed by atoms with E-state index in [-0.39, 0.29) is 66.5 Å². The molecule has 2 bridgehead atoms. The molecule has 0 radical (unpaired) electrons. The highest BCUT2D eigenvalue weighted by Crippen LogP contribution is 2.50. The minimum Gasteiger partial charge on any atom is -0.497 e. The summed E-state index contributed by atoms with van der Waals surface area (Å²) in [7, 11) is 3.05. The second-order valence-electron chi connectivity index (χ2n) is 18.8. The van der Waals surface area contributed by atoms with Gasteiger partial charge >= 0.3 is 12.3 Å². The van der Waals surface area contributed by atoms with Crippen molar-refractivity contribution in [3.63, 3.8) is 0 Å². The number of aliphatic hydroxyl groups excluding tert-OH is 1. The number of anilines is 3. The van der Waals surface area contributed by atoms with Crippen LogP contribution in [0.1, 0.15) is 75.6 Å². The first-order chi connectivity index (χ1) is 31.9. The van der Waals surface area contributed by atoms with Crippen LogP contribution in [0, 0.1) is 18.6 Å². The van der Waals surface area contributed by atoms with E-state index >= 15 is 22.0 Å². The van der Waals surface area contributed by atoms with E-state index in [2.05, 4.69) is 4.98 Å². The molecule has 356 valence electrons. The predicted molar refractivity (Wildman–Crippen MR) is 242 cm³/mol. The normalized spacial score (nSPS) is 21.3. The molecule has 2 aromatic heterocycles. The molecule has 0 saturated carbocycles. The maximum absolute atomic E-state index is 18.0. The highest BCUT2D eigenvalue weighted by atomic mass is 19.4. The predicted octanol–water partition coefficient (Wildman–Crippen LogP) is 9.22. The van der Waals surface area contributed by atoms with Crippen molar-refractivity contribution in [2.24, 2.45) is 0 Å². The summed E-state index contributed by atoms with van der Waals surface area (Å²) < 4.78 is 105. The van der Waals surface area contributed by atoms with Crippen LogP contribution < -0.4 is 28.9 Å². The molecule has 3 fully saturated rings. The van der Waals surface area contributed by atoms with Crippen LogP contribution in [0.25, 0.3) is 22.2 Å². The van der Waals surface area contributed by atoms with Gasteiger partial charge in [-0.1, -0.05) is 24.3 Å². The van der Waals surface area contributed by atoms with Crippen molar-refractivity contribution >= 4 is 34.4 Å². The van der Waals surface area contributed by atoms with Gasteiger partial charge < -0.3 is 38.8 Å². The average molecular weight is 932 g/mol. The Morgan fingerprint density at radius 1 is 0.896 bits per heavy atom. The Bertz CT molecular complexity index is 2630. The van der Waals surface area contributed by atoms with Crippen LogP contribution in [-0.2, 0) is 24.0 Å². The number of halogens is 5. The van der Waals surface area contributed by atoms with Gasteiger partial charge in [0.15, 0.2) is 5.82 Å². The number of hydrogen-bond donors (Lipinski definition) is 1. The second-order valence-corrected chi connectivity index (χ2v) is 18.8. The van der Waals surface area contributed by atoms with Crippen molar-refractivity contribution < 1.29 is 50.8 Å². The Morgan fingerprint density at radius 2 is 1.54 bits per heavy atom. The lowest BCUT2D eigenvalue weighted by Gasteiger charge is -2.48. The molecule has 6 heterocycles. The maximum Gasteiger partial charge on any atom is 0.417 e. The monoisotopic (exact) mass is 931 g/mol. The van der Waals surface area contributed by atoms with Gasteiger partial charge in [-0.15, -0.1) is 0 Å². The number of ether oxygens (including phenoxy) is 4. The molecule has 9 rings (SSSR count). The number of carbonyl (C=O) groups is 1. The van der Waals surface area contributed by atoms with Gasteiger partial charge in [0, 0.05) is 31.7 Å². The number of aromatic nitrogens is 3. The largest absolute Gasteiger partial charge is 0.497 e. The third-order valence-electron chi connectivity index (χ3n) is 13.4. The van der Waals surface area contributed by atoms with E-state index in [1.54, 1.807) is 90.9 Å².